The van der Waals surface area contributed by atoms with Gasteiger partial charge in [-0.05, 0) is 13.3 Å². The molecule has 0 fully saturated rings. The molecule has 66 valence electrons. The highest BCUT2D eigenvalue weighted by Gasteiger charge is 2.05. The van der Waals surface area contributed by atoms with Gasteiger partial charge >= 0.3 is 5.97 Å². The lowest BCUT2D eigenvalue weighted by Crippen LogP contribution is -2.13. The molecule has 2 heteroatoms. The summed E-state index contributed by atoms with van der Waals surface area (Å²) in [6, 6.07) is 0. The quantitative estimate of drug-likeness (QED) is 0.575. The second-order valence-electron chi connectivity index (χ2n) is 2.80. The van der Waals surface area contributed by atoms with E-state index >= 15 is 0 Å². The number of hydrogen-bond donors (Lipinski definition) is 0. The third-order valence-corrected chi connectivity index (χ3v) is 1.59. The van der Waals surface area contributed by atoms with Gasteiger partial charge < -0.3 is 4.74 Å². The van der Waals surface area contributed by atoms with E-state index in [4.69, 9.17) is 4.74 Å². The largest absolute Gasteiger partial charge is 0.463 e. The number of ether oxygens (including phenoxy) is 1. The SMILES string of the molecule is CCCC[C@@H](C)OC(=O)CC. The second-order valence-corrected chi connectivity index (χ2v) is 2.80. The molecule has 0 amide bonds. The van der Waals surface area contributed by atoms with E-state index in [9.17, 15) is 4.79 Å². The van der Waals surface area contributed by atoms with Crippen LogP contribution in [0.15, 0.2) is 0 Å². The first-order valence-electron chi connectivity index (χ1n) is 4.40. The van der Waals surface area contributed by atoms with Gasteiger partial charge in [0.1, 0.15) is 0 Å². The maximum atomic E-state index is 10.8. The van der Waals surface area contributed by atoms with Crippen LogP contribution in [0.5, 0.6) is 0 Å². The number of unbranched alkanes of at least 4 members (excludes halogenated alkanes) is 1. The fourth-order valence-electron chi connectivity index (χ4n) is 0.858. The molecule has 0 N–H and O–H groups in total. The van der Waals surface area contributed by atoms with Crippen LogP contribution in [0.3, 0.4) is 0 Å². The van der Waals surface area contributed by atoms with Crippen LogP contribution >= 0.6 is 0 Å². The van der Waals surface area contributed by atoms with Crippen LogP contribution in [0.2, 0.25) is 0 Å². The molecule has 0 unspecified atom stereocenters. The first-order chi connectivity index (χ1) is 5.20. The highest BCUT2D eigenvalue weighted by atomic mass is 16.5. The van der Waals surface area contributed by atoms with E-state index in [1.807, 2.05) is 13.8 Å². The minimum atomic E-state index is -0.0893. The van der Waals surface area contributed by atoms with Crippen LogP contribution in [0.4, 0.5) is 0 Å². The Kier molecular flexibility index (Phi) is 5.90. The van der Waals surface area contributed by atoms with Crippen molar-refractivity contribution in [1.29, 1.82) is 0 Å². The molecule has 1 atom stereocenters. The van der Waals surface area contributed by atoms with Gasteiger partial charge in [0, 0.05) is 6.42 Å². The maximum Gasteiger partial charge on any atom is 0.305 e. The Morgan fingerprint density at radius 1 is 1.45 bits per heavy atom. The van der Waals surface area contributed by atoms with Crippen molar-refractivity contribution < 1.29 is 9.53 Å². The fraction of sp³-hybridized carbons (Fsp3) is 0.889. The van der Waals surface area contributed by atoms with Gasteiger partial charge in [0.2, 0.25) is 0 Å². The van der Waals surface area contributed by atoms with Gasteiger partial charge in [-0.3, -0.25) is 4.79 Å². The topological polar surface area (TPSA) is 26.3 Å². The number of rotatable bonds is 5. The molecule has 0 aliphatic carbocycles. The van der Waals surface area contributed by atoms with Gasteiger partial charge in [-0.2, -0.15) is 0 Å². The Balaban J connectivity index is 3.35. The molecule has 0 aliphatic heterocycles. The molecule has 11 heavy (non-hydrogen) atoms. The van der Waals surface area contributed by atoms with E-state index in [1.54, 1.807) is 0 Å². The van der Waals surface area contributed by atoms with E-state index in [0.29, 0.717) is 6.42 Å². The number of carbonyl (C=O) groups is 1. The van der Waals surface area contributed by atoms with Crippen LogP contribution in [-0.4, -0.2) is 12.1 Å². The summed E-state index contributed by atoms with van der Waals surface area (Å²) in [7, 11) is 0. The summed E-state index contributed by atoms with van der Waals surface area (Å²) >= 11 is 0. The molecular formula is C9H18O2. The van der Waals surface area contributed by atoms with E-state index in [2.05, 4.69) is 6.92 Å². The Hall–Kier alpha value is -0.530. The molecule has 0 heterocycles. The second kappa shape index (κ2) is 6.20. The van der Waals surface area contributed by atoms with Crippen molar-refractivity contribution >= 4 is 5.97 Å². The first-order valence-corrected chi connectivity index (χ1v) is 4.40. The predicted molar refractivity (Wildman–Crippen MR) is 45.4 cm³/mol. The van der Waals surface area contributed by atoms with E-state index < -0.39 is 0 Å². The van der Waals surface area contributed by atoms with Crippen molar-refractivity contribution in [1.82, 2.24) is 0 Å². The van der Waals surface area contributed by atoms with Crippen LogP contribution in [0.25, 0.3) is 0 Å². The molecule has 2 nitrogen and oxygen atoms in total. The van der Waals surface area contributed by atoms with Crippen molar-refractivity contribution in [2.75, 3.05) is 0 Å². The van der Waals surface area contributed by atoms with Crippen LogP contribution in [0.1, 0.15) is 46.5 Å². The summed E-state index contributed by atoms with van der Waals surface area (Å²) < 4.78 is 5.06. The smallest absolute Gasteiger partial charge is 0.305 e. The summed E-state index contributed by atoms with van der Waals surface area (Å²) in [6.45, 7) is 5.90. The van der Waals surface area contributed by atoms with Gasteiger partial charge in [-0.15, -0.1) is 0 Å². The van der Waals surface area contributed by atoms with E-state index in [-0.39, 0.29) is 12.1 Å². The molecule has 0 aromatic heterocycles. The lowest BCUT2D eigenvalue weighted by Gasteiger charge is -2.11. The number of carbonyl (C=O) groups excluding carboxylic acids is 1. The minimum Gasteiger partial charge on any atom is -0.463 e. The molecular weight excluding hydrogens is 140 g/mol. The molecule has 0 spiro atoms. The van der Waals surface area contributed by atoms with Gasteiger partial charge in [0.25, 0.3) is 0 Å². The first kappa shape index (κ1) is 10.5. The lowest BCUT2D eigenvalue weighted by atomic mass is 10.2. The molecule has 0 bridgehead atoms. The summed E-state index contributed by atoms with van der Waals surface area (Å²) in [5, 5.41) is 0. The lowest BCUT2D eigenvalue weighted by molar-refractivity contribution is -0.148. The van der Waals surface area contributed by atoms with Crippen molar-refractivity contribution in [3.05, 3.63) is 0 Å². The predicted octanol–water partition coefficient (Wildman–Crippen LogP) is 2.52. The molecule has 0 saturated heterocycles. The molecule has 0 radical (unpaired) electrons. The Morgan fingerprint density at radius 3 is 2.55 bits per heavy atom. The highest BCUT2D eigenvalue weighted by Crippen LogP contribution is 2.04. The normalized spacial score (nSPS) is 12.6. The van der Waals surface area contributed by atoms with Crippen molar-refractivity contribution in [3.8, 4) is 0 Å². The third-order valence-electron chi connectivity index (χ3n) is 1.59. The standard InChI is InChI=1S/C9H18O2/c1-4-6-7-8(3)11-9(10)5-2/h8H,4-7H2,1-3H3/t8-/m1/s1. The highest BCUT2D eigenvalue weighted by molar-refractivity contribution is 5.69. The van der Waals surface area contributed by atoms with Crippen LogP contribution in [-0.2, 0) is 9.53 Å². The number of esters is 1. The average Bonchev–Trinajstić information content (AvgIpc) is 2.00. The Bertz CT molecular complexity index is 110. The van der Waals surface area contributed by atoms with Gasteiger partial charge in [0.05, 0.1) is 6.10 Å². The molecule has 0 aromatic rings. The van der Waals surface area contributed by atoms with Crippen LogP contribution in [0, 0.1) is 0 Å². The fourth-order valence-corrected chi connectivity index (χ4v) is 0.858. The molecule has 0 aliphatic rings. The van der Waals surface area contributed by atoms with Gasteiger partial charge in [-0.25, -0.2) is 0 Å². The minimum absolute atomic E-state index is 0.0893. The molecule has 0 saturated carbocycles. The zero-order valence-corrected chi connectivity index (χ0v) is 7.72. The molecule has 0 rings (SSSR count). The average molecular weight is 158 g/mol. The summed E-state index contributed by atoms with van der Waals surface area (Å²) in [5.74, 6) is -0.0893. The van der Waals surface area contributed by atoms with Crippen molar-refractivity contribution in [2.24, 2.45) is 0 Å². The molecule has 0 aromatic carbocycles. The summed E-state index contributed by atoms with van der Waals surface area (Å²) in [6.07, 6.45) is 3.87. The van der Waals surface area contributed by atoms with E-state index in [1.165, 1.54) is 0 Å². The van der Waals surface area contributed by atoms with Gasteiger partial charge in [0.15, 0.2) is 0 Å². The van der Waals surface area contributed by atoms with Crippen molar-refractivity contribution in [3.63, 3.8) is 0 Å². The van der Waals surface area contributed by atoms with Crippen molar-refractivity contribution in [2.45, 2.75) is 52.6 Å². The Morgan fingerprint density at radius 2 is 2.09 bits per heavy atom. The maximum absolute atomic E-state index is 10.8. The summed E-state index contributed by atoms with van der Waals surface area (Å²) in [4.78, 5) is 10.8. The Labute approximate surface area is 68.9 Å². The summed E-state index contributed by atoms with van der Waals surface area (Å²) in [5.41, 5.74) is 0. The zero-order chi connectivity index (χ0) is 8.69. The van der Waals surface area contributed by atoms with Crippen LogP contribution < -0.4 is 0 Å². The number of hydrogen-bond acceptors (Lipinski definition) is 2. The third kappa shape index (κ3) is 5.89. The monoisotopic (exact) mass is 158 g/mol. The van der Waals surface area contributed by atoms with E-state index in [0.717, 1.165) is 19.3 Å². The zero-order valence-electron chi connectivity index (χ0n) is 7.72. The van der Waals surface area contributed by atoms with Gasteiger partial charge in [-0.1, -0.05) is 26.7 Å².